The Bertz CT molecular complexity index is 620. The standard InChI is InChI=1S/C14H15N3O3/c1-11-10-16(15-14(11)17(19)20)9-5-8-13(18)12-6-3-2-4-7-12/h2-4,6-7,10H,5,8-9H2,1H3. The zero-order chi connectivity index (χ0) is 14.5. The molecular formula is C14H15N3O3. The quantitative estimate of drug-likeness (QED) is 0.460. The van der Waals surface area contributed by atoms with E-state index < -0.39 is 4.92 Å². The van der Waals surface area contributed by atoms with Crippen molar-refractivity contribution in [1.82, 2.24) is 9.78 Å². The second kappa shape index (κ2) is 6.10. The van der Waals surface area contributed by atoms with Crippen molar-refractivity contribution in [1.29, 1.82) is 0 Å². The van der Waals surface area contributed by atoms with Crippen LogP contribution in [0.1, 0.15) is 28.8 Å². The first-order valence-corrected chi connectivity index (χ1v) is 6.34. The number of nitro groups is 1. The van der Waals surface area contributed by atoms with Gasteiger partial charge in [-0.2, -0.15) is 4.68 Å². The number of carbonyl (C=O) groups is 1. The van der Waals surface area contributed by atoms with E-state index in [4.69, 9.17) is 0 Å². The average molecular weight is 273 g/mol. The van der Waals surface area contributed by atoms with Gasteiger partial charge >= 0.3 is 5.82 Å². The van der Waals surface area contributed by atoms with E-state index in [-0.39, 0.29) is 11.6 Å². The molecule has 1 aromatic carbocycles. The Morgan fingerprint density at radius 3 is 2.65 bits per heavy atom. The average Bonchev–Trinajstić information content (AvgIpc) is 2.81. The minimum absolute atomic E-state index is 0.0731. The molecule has 104 valence electrons. The summed E-state index contributed by atoms with van der Waals surface area (Å²) in [5.41, 5.74) is 1.22. The van der Waals surface area contributed by atoms with E-state index in [1.165, 1.54) is 4.68 Å². The largest absolute Gasteiger partial charge is 0.392 e. The monoisotopic (exact) mass is 273 g/mol. The lowest BCUT2D eigenvalue weighted by molar-refractivity contribution is -0.390. The number of nitrogens with zero attached hydrogens (tertiary/aromatic N) is 3. The van der Waals surface area contributed by atoms with E-state index >= 15 is 0 Å². The number of aromatic nitrogens is 2. The van der Waals surface area contributed by atoms with Crippen LogP contribution >= 0.6 is 0 Å². The molecule has 0 bridgehead atoms. The fourth-order valence-corrected chi connectivity index (χ4v) is 1.98. The highest BCUT2D eigenvalue weighted by Gasteiger charge is 2.16. The van der Waals surface area contributed by atoms with E-state index in [2.05, 4.69) is 5.10 Å². The van der Waals surface area contributed by atoms with E-state index in [0.29, 0.717) is 30.5 Å². The molecule has 2 aromatic rings. The van der Waals surface area contributed by atoms with E-state index in [0.717, 1.165) is 0 Å². The summed E-state index contributed by atoms with van der Waals surface area (Å²) in [5, 5.41) is 14.6. The summed E-state index contributed by atoms with van der Waals surface area (Å²) in [7, 11) is 0. The predicted molar refractivity (Wildman–Crippen MR) is 73.6 cm³/mol. The highest BCUT2D eigenvalue weighted by Crippen LogP contribution is 2.14. The third kappa shape index (κ3) is 3.28. The Balaban J connectivity index is 1.89. The molecule has 0 radical (unpaired) electrons. The molecule has 0 aliphatic heterocycles. The first kappa shape index (κ1) is 13.9. The molecule has 0 atom stereocenters. The first-order valence-electron chi connectivity index (χ1n) is 6.34. The van der Waals surface area contributed by atoms with Gasteiger partial charge in [0.05, 0.1) is 23.4 Å². The number of rotatable bonds is 6. The van der Waals surface area contributed by atoms with Crippen molar-refractivity contribution in [2.75, 3.05) is 0 Å². The number of benzene rings is 1. The summed E-state index contributed by atoms with van der Waals surface area (Å²) in [6, 6.07) is 9.08. The van der Waals surface area contributed by atoms with E-state index in [1.54, 1.807) is 25.3 Å². The Kier molecular flexibility index (Phi) is 4.24. The highest BCUT2D eigenvalue weighted by atomic mass is 16.6. The molecule has 0 saturated heterocycles. The molecule has 0 fully saturated rings. The van der Waals surface area contributed by atoms with Crippen LogP contribution in [0, 0.1) is 17.0 Å². The molecule has 6 nitrogen and oxygen atoms in total. The molecule has 0 unspecified atom stereocenters. The molecule has 20 heavy (non-hydrogen) atoms. The maximum Gasteiger partial charge on any atom is 0.392 e. The summed E-state index contributed by atoms with van der Waals surface area (Å²) in [6.07, 6.45) is 2.63. The van der Waals surface area contributed by atoms with Crippen LogP contribution in [-0.4, -0.2) is 20.5 Å². The van der Waals surface area contributed by atoms with E-state index in [1.807, 2.05) is 18.2 Å². The molecule has 6 heteroatoms. The number of Topliss-reactive ketones (excluding diaryl/α,β-unsaturated/α-hetero) is 1. The van der Waals surface area contributed by atoms with Crippen LogP contribution in [0.25, 0.3) is 0 Å². The van der Waals surface area contributed by atoms with Gasteiger partial charge < -0.3 is 10.1 Å². The van der Waals surface area contributed by atoms with Gasteiger partial charge in [-0.3, -0.25) is 4.79 Å². The van der Waals surface area contributed by atoms with Gasteiger partial charge in [0.2, 0.25) is 0 Å². The molecule has 0 N–H and O–H groups in total. The molecule has 0 saturated carbocycles. The normalized spacial score (nSPS) is 10.4. The maximum atomic E-state index is 11.9. The molecule has 0 aliphatic carbocycles. The number of ketones is 1. The summed E-state index contributed by atoms with van der Waals surface area (Å²) in [6.45, 7) is 2.14. The Morgan fingerprint density at radius 1 is 1.35 bits per heavy atom. The minimum atomic E-state index is -0.499. The van der Waals surface area contributed by atoms with Gasteiger partial charge in [-0.25, -0.2) is 0 Å². The Morgan fingerprint density at radius 2 is 2.05 bits per heavy atom. The number of hydrogen-bond donors (Lipinski definition) is 0. The lowest BCUT2D eigenvalue weighted by Crippen LogP contribution is -2.04. The summed E-state index contributed by atoms with van der Waals surface area (Å²) in [4.78, 5) is 22.1. The van der Waals surface area contributed by atoms with Gasteiger partial charge in [0.1, 0.15) is 0 Å². The van der Waals surface area contributed by atoms with Crippen LogP contribution in [-0.2, 0) is 6.54 Å². The van der Waals surface area contributed by atoms with Crippen LogP contribution in [0.2, 0.25) is 0 Å². The lowest BCUT2D eigenvalue weighted by atomic mass is 10.1. The first-order chi connectivity index (χ1) is 9.58. The number of aryl methyl sites for hydroxylation is 2. The second-order valence-electron chi connectivity index (χ2n) is 4.55. The predicted octanol–water partition coefficient (Wildman–Crippen LogP) is 2.76. The molecular weight excluding hydrogens is 258 g/mol. The zero-order valence-corrected chi connectivity index (χ0v) is 11.2. The Hall–Kier alpha value is -2.50. The van der Waals surface area contributed by atoms with Gasteiger partial charge in [-0.05, 0) is 18.3 Å². The molecule has 0 spiro atoms. The molecule has 0 amide bonds. The third-order valence-electron chi connectivity index (χ3n) is 2.98. The van der Waals surface area contributed by atoms with Crippen LogP contribution in [0.3, 0.4) is 0 Å². The summed E-state index contributed by atoms with van der Waals surface area (Å²) >= 11 is 0. The lowest BCUT2D eigenvalue weighted by Gasteiger charge is -1.99. The zero-order valence-electron chi connectivity index (χ0n) is 11.2. The minimum Gasteiger partial charge on any atom is -0.358 e. The Labute approximate surface area is 116 Å². The molecule has 2 rings (SSSR count). The van der Waals surface area contributed by atoms with Gasteiger partial charge in [0.25, 0.3) is 0 Å². The smallest absolute Gasteiger partial charge is 0.358 e. The van der Waals surface area contributed by atoms with Crippen molar-refractivity contribution in [3.05, 3.63) is 57.8 Å². The van der Waals surface area contributed by atoms with Crippen molar-refractivity contribution < 1.29 is 9.72 Å². The summed E-state index contributed by atoms with van der Waals surface area (Å²) < 4.78 is 1.52. The van der Waals surface area contributed by atoms with Crippen molar-refractivity contribution in [3.8, 4) is 0 Å². The maximum absolute atomic E-state index is 11.9. The molecule has 1 heterocycles. The van der Waals surface area contributed by atoms with Crippen molar-refractivity contribution >= 4 is 11.6 Å². The van der Waals surface area contributed by atoms with Crippen molar-refractivity contribution in [3.63, 3.8) is 0 Å². The number of carbonyl (C=O) groups excluding carboxylic acids is 1. The van der Waals surface area contributed by atoms with Crippen LogP contribution in [0.15, 0.2) is 36.5 Å². The van der Waals surface area contributed by atoms with Crippen LogP contribution < -0.4 is 0 Å². The fraction of sp³-hybridized carbons (Fsp3) is 0.286. The van der Waals surface area contributed by atoms with Crippen molar-refractivity contribution in [2.24, 2.45) is 0 Å². The molecule has 0 aliphatic rings. The fourth-order valence-electron chi connectivity index (χ4n) is 1.98. The van der Waals surface area contributed by atoms with Crippen LogP contribution in [0.5, 0.6) is 0 Å². The van der Waals surface area contributed by atoms with E-state index in [9.17, 15) is 14.9 Å². The summed E-state index contributed by atoms with van der Waals surface area (Å²) in [5.74, 6) is -0.0524. The topological polar surface area (TPSA) is 78.0 Å². The SMILES string of the molecule is Cc1cn(CCCC(=O)c2ccccc2)nc1[N+](=O)[O-]. The van der Waals surface area contributed by atoms with Gasteiger partial charge in [-0.15, -0.1) is 0 Å². The second-order valence-corrected chi connectivity index (χ2v) is 4.55. The highest BCUT2D eigenvalue weighted by molar-refractivity contribution is 5.95. The van der Waals surface area contributed by atoms with Gasteiger partial charge in [0.15, 0.2) is 5.78 Å². The van der Waals surface area contributed by atoms with Crippen molar-refractivity contribution in [2.45, 2.75) is 26.3 Å². The van der Waals surface area contributed by atoms with Gasteiger partial charge in [0, 0.05) is 12.0 Å². The number of hydrogen-bond acceptors (Lipinski definition) is 4. The third-order valence-corrected chi connectivity index (χ3v) is 2.98. The van der Waals surface area contributed by atoms with Crippen LogP contribution in [0.4, 0.5) is 5.82 Å². The molecule has 1 aromatic heterocycles. The van der Waals surface area contributed by atoms with Gasteiger partial charge in [-0.1, -0.05) is 30.3 Å².